The highest BCUT2D eigenvalue weighted by atomic mass is 35.5. The lowest BCUT2D eigenvalue weighted by atomic mass is 10.2. The number of hydrogen-bond donors (Lipinski definition) is 0. The van der Waals surface area contributed by atoms with Crippen molar-refractivity contribution in [3.63, 3.8) is 0 Å². The molecule has 0 radical (unpaired) electrons. The Hall–Kier alpha value is -1.78. The van der Waals surface area contributed by atoms with Crippen LogP contribution in [0.5, 0.6) is 0 Å². The molecule has 102 valence electrons. The highest BCUT2D eigenvalue weighted by Crippen LogP contribution is 2.28. The van der Waals surface area contributed by atoms with Gasteiger partial charge in [0.15, 0.2) is 0 Å². The van der Waals surface area contributed by atoms with Gasteiger partial charge < -0.3 is 4.42 Å². The molecule has 2 heterocycles. The quantitative estimate of drug-likeness (QED) is 0.718. The molecule has 0 unspecified atom stereocenters. The molecule has 20 heavy (non-hydrogen) atoms. The summed E-state index contributed by atoms with van der Waals surface area (Å²) in [5.74, 6) is 0.829. The molecule has 1 atom stereocenters. The fourth-order valence-corrected chi connectivity index (χ4v) is 2.21. The van der Waals surface area contributed by atoms with Gasteiger partial charge in [0.05, 0.1) is 22.5 Å². The third kappa shape index (κ3) is 2.44. The van der Waals surface area contributed by atoms with Gasteiger partial charge in [0.25, 0.3) is 0 Å². The van der Waals surface area contributed by atoms with Crippen molar-refractivity contribution < 1.29 is 4.42 Å². The van der Waals surface area contributed by atoms with Gasteiger partial charge in [-0.2, -0.15) is 0 Å². The zero-order chi connectivity index (χ0) is 14.1. The number of rotatable bonds is 3. The standard InChI is InChI=1S/C14H11Cl2N3O/c1-9(14-3-2-6-20-14)19-8-13(17-18-19)10-4-5-11(15)12(16)7-10/h2-9H,1H3/t9-/m0/s1. The highest BCUT2D eigenvalue weighted by Gasteiger charge is 2.14. The van der Waals surface area contributed by atoms with Crippen molar-refractivity contribution in [1.82, 2.24) is 15.0 Å². The van der Waals surface area contributed by atoms with E-state index >= 15 is 0 Å². The molecule has 6 heteroatoms. The first kappa shape index (κ1) is 13.2. The summed E-state index contributed by atoms with van der Waals surface area (Å²) in [5, 5.41) is 9.31. The number of halogens is 2. The SMILES string of the molecule is C[C@@H](c1ccco1)n1cc(-c2ccc(Cl)c(Cl)c2)nn1. The second-order valence-electron chi connectivity index (χ2n) is 4.40. The Balaban J connectivity index is 1.92. The molecule has 0 bridgehead atoms. The molecule has 0 aliphatic heterocycles. The first-order valence-corrected chi connectivity index (χ1v) is 6.81. The summed E-state index contributed by atoms with van der Waals surface area (Å²) >= 11 is 11.9. The zero-order valence-corrected chi connectivity index (χ0v) is 12.1. The lowest BCUT2D eigenvalue weighted by Crippen LogP contribution is -2.06. The Bertz CT molecular complexity index is 722. The molecular weight excluding hydrogens is 297 g/mol. The molecule has 3 rings (SSSR count). The molecule has 1 aromatic carbocycles. The van der Waals surface area contributed by atoms with E-state index in [2.05, 4.69) is 10.3 Å². The molecule has 2 aromatic heterocycles. The Labute approximate surface area is 125 Å². The van der Waals surface area contributed by atoms with Gasteiger partial charge in [0.2, 0.25) is 0 Å². The van der Waals surface area contributed by atoms with Gasteiger partial charge in [-0.3, -0.25) is 0 Å². The van der Waals surface area contributed by atoms with E-state index in [1.54, 1.807) is 23.1 Å². The van der Waals surface area contributed by atoms with Crippen LogP contribution in [0.1, 0.15) is 18.7 Å². The summed E-state index contributed by atoms with van der Waals surface area (Å²) < 4.78 is 7.12. The lowest BCUT2D eigenvalue weighted by Gasteiger charge is -2.07. The van der Waals surface area contributed by atoms with Crippen molar-refractivity contribution in [2.24, 2.45) is 0 Å². The average molecular weight is 308 g/mol. The molecule has 0 saturated heterocycles. The molecule has 0 N–H and O–H groups in total. The number of benzene rings is 1. The van der Waals surface area contributed by atoms with Gasteiger partial charge in [0.1, 0.15) is 17.5 Å². The van der Waals surface area contributed by atoms with Crippen LogP contribution in [0.4, 0.5) is 0 Å². The normalized spacial score (nSPS) is 12.6. The maximum atomic E-state index is 6.01. The van der Waals surface area contributed by atoms with E-state index in [1.165, 1.54) is 0 Å². The van der Waals surface area contributed by atoms with Gasteiger partial charge in [-0.15, -0.1) is 5.10 Å². The van der Waals surface area contributed by atoms with Gasteiger partial charge in [-0.1, -0.05) is 34.5 Å². The number of furan rings is 1. The van der Waals surface area contributed by atoms with E-state index in [0.29, 0.717) is 10.0 Å². The highest BCUT2D eigenvalue weighted by molar-refractivity contribution is 6.42. The molecule has 0 amide bonds. The topological polar surface area (TPSA) is 43.9 Å². The van der Waals surface area contributed by atoms with E-state index in [0.717, 1.165) is 17.0 Å². The zero-order valence-electron chi connectivity index (χ0n) is 10.6. The third-order valence-electron chi connectivity index (χ3n) is 3.08. The van der Waals surface area contributed by atoms with Crippen molar-refractivity contribution in [1.29, 1.82) is 0 Å². The molecule has 0 aliphatic carbocycles. The number of nitrogens with zero attached hydrogens (tertiary/aromatic N) is 3. The fraction of sp³-hybridized carbons (Fsp3) is 0.143. The smallest absolute Gasteiger partial charge is 0.128 e. The van der Waals surface area contributed by atoms with Crippen LogP contribution < -0.4 is 0 Å². The van der Waals surface area contributed by atoms with E-state index in [9.17, 15) is 0 Å². The van der Waals surface area contributed by atoms with Crippen LogP contribution in [0.25, 0.3) is 11.3 Å². The predicted molar refractivity (Wildman–Crippen MR) is 78.0 cm³/mol. The minimum Gasteiger partial charge on any atom is -0.467 e. The van der Waals surface area contributed by atoms with Crippen LogP contribution >= 0.6 is 23.2 Å². The van der Waals surface area contributed by atoms with Gasteiger partial charge >= 0.3 is 0 Å². The second kappa shape index (κ2) is 5.31. The minimum absolute atomic E-state index is 0.0194. The summed E-state index contributed by atoms with van der Waals surface area (Å²) in [5.41, 5.74) is 1.61. The average Bonchev–Trinajstić information content (AvgIpc) is 3.11. The van der Waals surface area contributed by atoms with Gasteiger partial charge in [0, 0.05) is 5.56 Å². The monoisotopic (exact) mass is 307 g/mol. The summed E-state index contributed by atoms with van der Waals surface area (Å²) in [4.78, 5) is 0. The van der Waals surface area contributed by atoms with Gasteiger partial charge in [-0.25, -0.2) is 4.68 Å². The lowest BCUT2D eigenvalue weighted by molar-refractivity contribution is 0.419. The second-order valence-corrected chi connectivity index (χ2v) is 5.22. The Morgan fingerprint density at radius 3 is 2.75 bits per heavy atom. The van der Waals surface area contributed by atoms with Crippen molar-refractivity contribution in [3.05, 3.63) is 58.6 Å². The van der Waals surface area contributed by atoms with Crippen molar-refractivity contribution in [2.75, 3.05) is 0 Å². The van der Waals surface area contributed by atoms with Crippen molar-refractivity contribution >= 4 is 23.2 Å². The molecule has 0 fully saturated rings. The summed E-state index contributed by atoms with van der Waals surface area (Å²) in [6.07, 6.45) is 3.50. The number of aromatic nitrogens is 3. The van der Waals surface area contributed by atoms with Crippen LogP contribution in [0.15, 0.2) is 47.2 Å². The van der Waals surface area contributed by atoms with Crippen LogP contribution in [-0.4, -0.2) is 15.0 Å². The minimum atomic E-state index is -0.0194. The molecule has 0 spiro atoms. The van der Waals surface area contributed by atoms with Crippen molar-refractivity contribution in [3.8, 4) is 11.3 Å². The molecule has 0 aliphatic rings. The number of hydrogen-bond acceptors (Lipinski definition) is 3. The summed E-state index contributed by atoms with van der Waals surface area (Å²) in [6, 6.07) is 9.12. The maximum absolute atomic E-state index is 6.01. The largest absolute Gasteiger partial charge is 0.467 e. The third-order valence-corrected chi connectivity index (χ3v) is 3.82. The fourth-order valence-electron chi connectivity index (χ4n) is 1.91. The van der Waals surface area contributed by atoms with E-state index in [1.807, 2.05) is 31.3 Å². The predicted octanol–water partition coefficient (Wildman–Crippen LogP) is 4.45. The van der Waals surface area contributed by atoms with E-state index < -0.39 is 0 Å². The van der Waals surface area contributed by atoms with Crippen molar-refractivity contribution in [2.45, 2.75) is 13.0 Å². The van der Waals surface area contributed by atoms with E-state index in [4.69, 9.17) is 27.6 Å². The molecule has 4 nitrogen and oxygen atoms in total. The Morgan fingerprint density at radius 2 is 2.05 bits per heavy atom. The van der Waals surface area contributed by atoms with Crippen LogP contribution in [-0.2, 0) is 0 Å². The first-order chi connectivity index (χ1) is 9.65. The van der Waals surface area contributed by atoms with Crippen LogP contribution in [0, 0.1) is 0 Å². The van der Waals surface area contributed by atoms with E-state index in [-0.39, 0.29) is 6.04 Å². The molecule has 0 saturated carbocycles. The first-order valence-electron chi connectivity index (χ1n) is 6.06. The molecular formula is C14H11Cl2N3O. The van der Waals surface area contributed by atoms with Gasteiger partial charge in [-0.05, 0) is 31.2 Å². The van der Waals surface area contributed by atoms with Crippen LogP contribution in [0.2, 0.25) is 10.0 Å². The Kier molecular flexibility index (Phi) is 3.51. The van der Waals surface area contributed by atoms with Crippen LogP contribution in [0.3, 0.4) is 0 Å². The Morgan fingerprint density at radius 1 is 1.20 bits per heavy atom. The summed E-state index contributed by atoms with van der Waals surface area (Å²) in [6.45, 7) is 1.99. The molecule has 3 aromatic rings. The maximum Gasteiger partial charge on any atom is 0.128 e. The summed E-state index contributed by atoms with van der Waals surface area (Å²) in [7, 11) is 0.